The van der Waals surface area contributed by atoms with Gasteiger partial charge in [-0.3, -0.25) is 9.78 Å². The molecule has 0 spiro atoms. The quantitative estimate of drug-likeness (QED) is 0.311. The van der Waals surface area contributed by atoms with Gasteiger partial charge >= 0.3 is 5.97 Å². The molecule has 3 aromatic rings. The van der Waals surface area contributed by atoms with Gasteiger partial charge in [-0.2, -0.15) is 0 Å². The Kier molecular flexibility index (Phi) is 8.10. The van der Waals surface area contributed by atoms with E-state index in [4.69, 9.17) is 9.47 Å². The van der Waals surface area contributed by atoms with E-state index in [9.17, 15) is 9.59 Å². The molecule has 0 saturated heterocycles. The highest BCUT2D eigenvalue weighted by Crippen LogP contribution is 2.49. The molecule has 1 aliphatic rings. The van der Waals surface area contributed by atoms with Crippen LogP contribution in [0.3, 0.4) is 0 Å². The van der Waals surface area contributed by atoms with Crippen molar-refractivity contribution < 1.29 is 19.1 Å². The first kappa shape index (κ1) is 26.3. The topological polar surface area (TPSA) is 81.6 Å². The van der Waals surface area contributed by atoms with Gasteiger partial charge in [0.25, 0.3) is 0 Å². The summed E-state index contributed by atoms with van der Waals surface area (Å²) in [5.74, 6) is 0.328. The van der Waals surface area contributed by atoms with Gasteiger partial charge in [0.15, 0.2) is 5.69 Å². The molecule has 1 aliphatic carbocycles. The Labute approximate surface area is 220 Å². The second-order valence-electron chi connectivity index (χ2n) is 9.18. The molecular weight excluding hydrogens is 494 g/mol. The van der Waals surface area contributed by atoms with Crippen LogP contribution in [0.25, 0.3) is 0 Å². The molecule has 0 aromatic carbocycles. The van der Waals surface area contributed by atoms with Crippen molar-refractivity contribution in [3.63, 3.8) is 0 Å². The molecule has 3 aromatic heterocycles. The minimum absolute atomic E-state index is 0.0734. The van der Waals surface area contributed by atoms with Gasteiger partial charge in [0.05, 0.1) is 37.6 Å². The number of esters is 1. The Morgan fingerprint density at radius 2 is 1.92 bits per heavy atom. The average Bonchev–Trinajstić information content (AvgIpc) is 3.50. The summed E-state index contributed by atoms with van der Waals surface area (Å²) in [5.41, 5.74) is 1.84. The van der Waals surface area contributed by atoms with E-state index in [0.717, 1.165) is 41.3 Å². The number of carbonyl (C=O) groups excluding carboxylic acids is 2. The molecule has 0 N–H and O–H groups in total. The molecule has 1 amide bonds. The summed E-state index contributed by atoms with van der Waals surface area (Å²) in [4.78, 5) is 40.7. The van der Waals surface area contributed by atoms with Crippen molar-refractivity contribution in [2.24, 2.45) is 0 Å². The van der Waals surface area contributed by atoms with Gasteiger partial charge in [-0.05, 0) is 77.1 Å². The first-order valence-electron chi connectivity index (χ1n) is 12.3. The number of carbonyl (C=O) groups is 2. The van der Waals surface area contributed by atoms with Crippen LogP contribution in [0, 0.1) is 20.8 Å². The molecule has 0 atom stereocenters. The lowest BCUT2D eigenvalue weighted by Crippen LogP contribution is -2.40. The van der Waals surface area contributed by atoms with E-state index in [2.05, 4.69) is 29.9 Å². The number of hydrogen-bond acceptors (Lipinski definition) is 8. The number of rotatable bonds is 11. The van der Waals surface area contributed by atoms with Crippen molar-refractivity contribution in [2.75, 3.05) is 20.3 Å². The van der Waals surface area contributed by atoms with Crippen LogP contribution in [-0.4, -0.2) is 47.0 Å². The van der Waals surface area contributed by atoms with Crippen LogP contribution < -0.4 is 4.74 Å². The number of thiophene rings is 1. The van der Waals surface area contributed by atoms with Crippen LogP contribution in [0.1, 0.15) is 67.6 Å². The summed E-state index contributed by atoms with van der Waals surface area (Å²) >= 11 is 3.27. The number of ether oxygens (including phenoxy) is 2. The SMILES string of the molecule is CCOC(=O)c1nc(CN(CCCc2cc(C)c(C)s2)C(=O)C2(c3ccc(OC)cn3)CC2)sc1C. The number of methoxy groups -OCH3 is 1. The summed E-state index contributed by atoms with van der Waals surface area (Å²) in [7, 11) is 1.60. The molecule has 0 aliphatic heterocycles. The smallest absolute Gasteiger partial charge is 0.358 e. The van der Waals surface area contributed by atoms with Crippen molar-refractivity contribution in [3.8, 4) is 5.75 Å². The van der Waals surface area contributed by atoms with E-state index in [1.165, 1.54) is 26.7 Å². The second-order valence-corrected chi connectivity index (χ2v) is 11.8. The molecule has 7 nitrogen and oxygen atoms in total. The van der Waals surface area contributed by atoms with E-state index in [1.54, 1.807) is 20.2 Å². The van der Waals surface area contributed by atoms with Crippen molar-refractivity contribution in [2.45, 2.75) is 65.3 Å². The van der Waals surface area contributed by atoms with Gasteiger partial charge < -0.3 is 14.4 Å². The molecule has 1 fully saturated rings. The zero-order valence-electron chi connectivity index (χ0n) is 21.6. The maximum Gasteiger partial charge on any atom is 0.358 e. The lowest BCUT2D eigenvalue weighted by Gasteiger charge is -2.26. The summed E-state index contributed by atoms with van der Waals surface area (Å²) in [5, 5.41) is 0.741. The van der Waals surface area contributed by atoms with Crippen LogP contribution in [0.15, 0.2) is 24.4 Å². The predicted octanol–water partition coefficient (Wildman–Crippen LogP) is 5.40. The molecule has 3 heterocycles. The summed E-state index contributed by atoms with van der Waals surface area (Å²) in [6.07, 6.45) is 4.99. The third-order valence-corrected chi connectivity index (χ3v) is 8.78. The lowest BCUT2D eigenvalue weighted by molar-refractivity contribution is -0.134. The van der Waals surface area contributed by atoms with Gasteiger partial charge in [-0.1, -0.05) is 0 Å². The molecule has 4 rings (SSSR count). The van der Waals surface area contributed by atoms with Crippen molar-refractivity contribution in [3.05, 3.63) is 61.0 Å². The van der Waals surface area contributed by atoms with E-state index in [0.29, 0.717) is 31.1 Å². The number of aryl methyl sites for hydroxylation is 4. The molecule has 0 bridgehead atoms. The van der Waals surface area contributed by atoms with Gasteiger partial charge in [-0.15, -0.1) is 22.7 Å². The molecule has 0 radical (unpaired) electrons. The number of pyridine rings is 1. The monoisotopic (exact) mass is 527 g/mol. The molecule has 192 valence electrons. The van der Waals surface area contributed by atoms with Crippen LogP contribution in [0.5, 0.6) is 5.75 Å². The Bertz CT molecular complexity index is 1210. The Hall–Kier alpha value is -2.78. The fourth-order valence-electron chi connectivity index (χ4n) is 4.33. The van der Waals surface area contributed by atoms with Crippen molar-refractivity contribution >= 4 is 34.6 Å². The lowest BCUT2D eigenvalue weighted by atomic mass is 9.99. The van der Waals surface area contributed by atoms with E-state index < -0.39 is 11.4 Å². The van der Waals surface area contributed by atoms with Crippen LogP contribution in [0.4, 0.5) is 0 Å². The molecule has 9 heteroatoms. The Morgan fingerprint density at radius 1 is 1.14 bits per heavy atom. The van der Waals surface area contributed by atoms with Crippen molar-refractivity contribution in [1.29, 1.82) is 0 Å². The normalized spacial score (nSPS) is 13.9. The third-order valence-electron chi connectivity index (χ3n) is 6.61. The number of aromatic nitrogens is 2. The average molecular weight is 528 g/mol. The van der Waals surface area contributed by atoms with Crippen LogP contribution in [0.2, 0.25) is 0 Å². The van der Waals surface area contributed by atoms with E-state index >= 15 is 0 Å². The molecule has 36 heavy (non-hydrogen) atoms. The summed E-state index contributed by atoms with van der Waals surface area (Å²) in [6.45, 7) is 9.20. The van der Waals surface area contributed by atoms with E-state index in [-0.39, 0.29) is 5.91 Å². The van der Waals surface area contributed by atoms with Crippen LogP contribution >= 0.6 is 22.7 Å². The van der Waals surface area contributed by atoms with Crippen molar-refractivity contribution in [1.82, 2.24) is 14.9 Å². The first-order valence-corrected chi connectivity index (χ1v) is 13.9. The Balaban J connectivity index is 1.54. The largest absolute Gasteiger partial charge is 0.495 e. The summed E-state index contributed by atoms with van der Waals surface area (Å²) < 4.78 is 10.4. The maximum atomic E-state index is 14.0. The number of thiazole rings is 1. The number of nitrogens with zero attached hydrogens (tertiary/aromatic N) is 3. The van der Waals surface area contributed by atoms with Gasteiger partial charge in [0.1, 0.15) is 10.8 Å². The standard InChI is InChI=1S/C27H33N3O4S2/c1-6-34-25(31)24-19(4)36-23(29-24)16-30(13-7-8-21-14-17(2)18(3)35-21)26(32)27(11-12-27)22-10-9-20(33-5)15-28-22/h9-10,14-15H,6-8,11-13,16H2,1-5H3. The maximum absolute atomic E-state index is 14.0. The first-order chi connectivity index (χ1) is 17.3. The zero-order chi connectivity index (χ0) is 25.9. The fourth-order valence-corrected chi connectivity index (χ4v) is 6.36. The molecular formula is C27H33N3O4S2. The van der Waals surface area contributed by atoms with Crippen LogP contribution in [-0.2, 0) is 27.9 Å². The second kappa shape index (κ2) is 11.1. The van der Waals surface area contributed by atoms with Gasteiger partial charge in [0, 0.05) is 21.2 Å². The number of amides is 1. The zero-order valence-corrected chi connectivity index (χ0v) is 23.2. The van der Waals surface area contributed by atoms with E-state index in [1.807, 2.05) is 35.3 Å². The molecule has 1 saturated carbocycles. The molecule has 0 unspecified atom stereocenters. The predicted molar refractivity (Wildman–Crippen MR) is 142 cm³/mol. The van der Waals surface area contributed by atoms with Gasteiger partial charge in [-0.25, -0.2) is 9.78 Å². The van der Waals surface area contributed by atoms with Gasteiger partial charge in [0.2, 0.25) is 5.91 Å². The highest BCUT2D eigenvalue weighted by molar-refractivity contribution is 7.12. The third kappa shape index (κ3) is 5.62. The Morgan fingerprint density at radius 3 is 2.50 bits per heavy atom. The highest BCUT2D eigenvalue weighted by atomic mass is 32.1. The minimum Gasteiger partial charge on any atom is -0.495 e. The fraction of sp³-hybridized carbons (Fsp3) is 0.481. The summed E-state index contributed by atoms with van der Waals surface area (Å²) in [6, 6.07) is 5.99. The highest BCUT2D eigenvalue weighted by Gasteiger charge is 2.54. The number of hydrogen-bond donors (Lipinski definition) is 0. The minimum atomic E-state index is -0.599.